The van der Waals surface area contributed by atoms with Crippen LogP contribution in [0.4, 0.5) is 0 Å². The molecule has 0 radical (unpaired) electrons. The standard InChI is InChI=1S/C10H18O4/c1-5-6-10(14,7(2)11)9(3,4)8(12)13/h14H,5-6H2,1-4H3,(H,12,13). The zero-order valence-corrected chi connectivity index (χ0v) is 9.13. The number of carboxylic acid groups (broad SMARTS) is 1. The number of carbonyl (C=O) groups is 2. The van der Waals surface area contributed by atoms with Crippen LogP contribution in [-0.4, -0.2) is 27.6 Å². The Hall–Kier alpha value is -0.900. The summed E-state index contributed by atoms with van der Waals surface area (Å²) in [5, 5.41) is 19.0. The molecule has 1 unspecified atom stereocenters. The highest BCUT2D eigenvalue weighted by molar-refractivity contribution is 5.92. The minimum absolute atomic E-state index is 0.168. The van der Waals surface area contributed by atoms with Crippen LogP contribution in [0, 0.1) is 5.41 Å². The quantitative estimate of drug-likeness (QED) is 0.702. The van der Waals surface area contributed by atoms with Crippen LogP contribution in [0.25, 0.3) is 0 Å². The lowest BCUT2D eigenvalue weighted by atomic mass is 9.70. The number of rotatable bonds is 5. The molecular formula is C10H18O4. The van der Waals surface area contributed by atoms with Crippen LogP contribution >= 0.6 is 0 Å². The summed E-state index contributed by atoms with van der Waals surface area (Å²) in [5.74, 6) is -1.66. The maximum absolute atomic E-state index is 11.3. The van der Waals surface area contributed by atoms with Gasteiger partial charge in [0.25, 0.3) is 0 Å². The van der Waals surface area contributed by atoms with E-state index in [9.17, 15) is 14.7 Å². The molecule has 0 aliphatic carbocycles. The Bertz CT molecular complexity index is 245. The fourth-order valence-corrected chi connectivity index (χ4v) is 1.47. The van der Waals surface area contributed by atoms with Gasteiger partial charge in [0.15, 0.2) is 5.78 Å². The van der Waals surface area contributed by atoms with Crippen LogP contribution in [0.3, 0.4) is 0 Å². The van der Waals surface area contributed by atoms with Crippen molar-refractivity contribution >= 4 is 11.8 Å². The minimum Gasteiger partial charge on any atom is -0.481 e. The Labute approximate surface area is 83.9 Å². The highest BCUT2D eigenvalue weighted by atomic mass is 16.4. The SMILES string of the molecule is CCCC(O)(C(C)=O)C(C)(C)C(=O)O. The summed E-state index contributed by atoms with van der Waals surface area (Å²) < 4.78 is 0. The zero-order chi connectivity index (χ0) is 11.6. The van der Waals surface area contributed by atoms with Crippen molar-refractivity contribution in [3.63, 3.8) is 0 Å². The van der Waals surface area contributed by atoms with Crippen molar-refractivity contribution in [2.45, 2.75) is 46.1 Å². The lowest BCUT2D eigenvalue weighted by molar-refractivity contribution is -0.172. The van der Waals surface area contributed by atoms with Gasteiger partial charge in [0, 0.05) is 0 Å². The van der Waals surface area contributed by atoms with Gasteiger partial charge in [-0.15, -0.1) is 0 Å². The fraction of sp³-hybridized carbons (Fsp3) is 0.800. The first-order valence-electron chi connectivity index (χ1n) is 4.67. The molecule has 4 nitrogen and oxygen atoms in total. The molecule has 14 heavy (non-hydrogen) atoms. The van der Waals surface area contributed by atoms with E-state index in [4.69, 9.17) is 5.11 Å². The van der Waals surface area contributed by atoms with Crippen molar-refractivity contribution in [1.82, 2.24) is 0 Å². The van der Waals surface area contributed by atoms with Gasteiger partial charge < -0.3 is 10.2 Å². The van der Waals surface area contributed by atoms with Crippen LogP contribution in [0.5, 0.6) is 0 Å². The summed E-state index contributed by atoms with van der Waals surface area (Å²) in [7, 11) is 0. The van der Waals surface area contributed by atoms with Crippen molar-refractivity contribution in [2.24, 2.45) is 5.41 Å². The predicted octanol–water partition coefficient (Wildman–Crippen LogP) is 1.22. The molecule has 0 rings (SSSR count). The van der Waals surface area contributed by atoms with Crippen molar-refractivity contribution in [1.29, 1.82) is 0 Å². The number of ketones is 1. The molecule has 0 aromatic carbocycles. The van der Waals surface area contributed by atoms with E-state index in [1.807, 2.05) is 0 Å². The van der Waals surface area contributed by atoms with Gasteiger partial charge >= 0.3 is 5.97 Å². The van der Waals surface area contributed by atoms with Crippen molar-refractivity contribution < 1.29 is 19.8 Å². The molecule has 0 aliphatic heterocycles. The number of carboxylic acids is 1. The van der Waals surface area contributed by atoms with Gasteiger partial charge in [-0.25, -0.2) is 0 Å². The molecule has 0 aromatic rings. The molecule has 0 aromatic heterocycles. The molecule has 0 aliphatic rings. The molecule has 4 heteroatoms. The lowest BCUT2D eigenvalue weighted by Crippen LogP contribution is -2.54. The molecular weight excluding hydrogens is 184 g/mol. The van der Waals surface area contributed by atoms with E-state index in [0.717, 1.165) is 0 Å². The molecule has 2 N–H and O–H groups in total. The second kappa shape index (κ2) is 4.09. The van der Waals surface area contributed by atoms with Crippen molar-refractivity contribution in [3.05, 3.63) is 0 Å². The molecule has 1 atom stereocenters. The minimum atomic E-state index is -1.77. The highest BCUT2D eigenvalue weighted by Gasteiger charge is 2.51. The highest BCUT2D eigenvalue weighted by Crippen LogP contribution is 2.35. The summed E-state index contributed by atoms with van der Waals surface area (Å²) >= 11 is 0. The summed E-state index contributed by atoms with van der Waals surface area (Å²) in [6.45, 7) is 5.75. The zero-order valence-electron chi connectivity index (χ0n) is 9.13. The van der Waals surface area contributed by atoms with Gasteiger partial charge in [0.2, 0.25) is 0 Å². The molecule has 0 amide bonds. The maximum Gasteiger partial charge on any atom is 0.312 e. The lowest BCUT2D eigenvalue weighted by Gasteiger charge is -2.37. The van der Waals surface area contributed by atoms with Crippen LogP contribution in [0.1, 0.15) is 40.5 Å². The van der Waals surface area contributed by atoms with Crippen molar-refractivity contribution in [2.75, 3.05) is 0 Å². The third-order valence-corrected chi connectivity index (χ3v) is 2.76. The van der Waals surface area contributed by atoms with Gasteiger partial charge in [-0.3, -0.25) is 9.59 Å². The number of hydrogen-bond acceptors (Lipinski definition) is 3. The third-order valence-electron chi connectivity index (χ3n) is 2.76. The largest absolute Gasteiger partial charge is 0.481 e. The Kier molecular flexibility index (Phi) is 3.82. The molecule has 0 saturated heterocycles. The topological polar surface area (TPSA) is 74.6 Å². The normalized spacial score (nSPS) is 16.1. The first-order chi connectivity index (χ1) is 6.20. The van der Waals surface area contributed by atoms with E-state index in [-0.39, 0.29) is 6.42 Å². The van der Waals surface area contributed by atoms with Crippen LogP contribution in [-0.2, 0) is 9.59 Å². The van der Waals surface area contributed by atoms with Gasteiger partial charge in [-0.2, -0.15) is 0 Å². The molecule has 0 heterocycles. The number of carbonyl (C=O) groups excluding carboxylic acids is 1. The Morgan fingerprint density at radius 3 is 1.93 bits per heavy atom. The number of aliphatic carboxylic acids is 1. The van der Waals surface area contributed by atoms with Gasteiger partial charge in [-0.1, -0.05) is 13.3 Å². The molecule has 0 spiro atoms. The smallest absolute Gasteiger partial charge is 0.312 e. The molecule has 0 bridgehead atoms. The Balaban J connectivity index is 5.19. The average Bonchev–Trinajstić information content (AvgIpc) is 2.03. The monoisotopic (exact) mass is 202 g/mol. The van der Waals surface area contributed by atoms with Gasteiger partial charge in [0.1, 0.15) is 5.60 Å². The summed E-state index contributed by atoms with van der Waals surface area (Å²) in [6, 6.07) is 0. The third kappa shape index (κ3) is 1.95. The number of hydrogen-bond donors (Lipinski definition) is 2. The van der Waals surface area contributed by atoms with E-state index in [1.54, 1.807) is 6.92 Å². The second-order valence-electron chi connectivity index (χ2n) is 4.10. The van der Waals surface area contributed by atoms with E-state index < -0.39 is 22.8 Å². The number of Topliss-reactive ketones (excluding diaryl/α,β-unsaturated/α-hetero) is 1. The first kappa shape index (κ1) is 13.1. The van der Waals surface area contributed by atoms with Gasteiger partial charge in [0.05, 0.1) is 5.41 Å². The maximum atomic E-state index is 11.3. The van der Waals surface area contributed by atoms with Crippen LogP contribution in [0.15, 0.2) is 0 Å². The van der Waals surface area contributed by atoms with Crippen molar-refractivity contribution in [3.8, 4) is 0 Å². The number of aliphatic hydroxyl groups is 1. The van der Waals surface area contributed by atoms with Crippen LogP contribution < -0.4 is 0 Å². The van der Waals surface area contributed by atoms with E-state index in [0.29, 0.717) is 6.42 Å². The molecule has 0 saturated carbocycles. The second-order valence-corrected chi connectivity index (χ2v) is 4.10. The van der Waals surface area contributed by atoms with E-state index in [1.165, 1.54) is 20.8 Å². The molecule has 0 fully saturated rings. The van der Waals surface area contributed by atoms with Crippen LogP contribution in [0.2, 0.25) is 0 Å². The predicted molar refractivity (Wildman–Crippen MR) is 52.0 cm³/mol. The summed E-state index contributed by atoms with van der Waals surface area (Å²) in [4.78, 5) is 22.2. The van der Waals surface area contributed by atoms with E-state index >= 15 is 0 Å². The van der Waals surface area contributed by atoms with E-state index in [2.05, 4.69) is 0 Å². The fourth-order valence-electron chi connectivity index (χ4n) is 1.47. The summed E-state index contributed by atoms with van der Waals surface area (Å²) in [6.07, 6.45) is 0.731. The molecule has 82 valence electrons. The average molecular weight is 202 g/mol. The first-order valence-corrected chi connectivity index (χ1v) is 4.67. The Morgan fingerprint density at radius 2 is 1.71 bits per heavy atom. The summed E-state index contributed by atoms with van der Waals surface area (Å²) in [5.41, 5.74) is -3.22. The van der Waals surface area contributed by atoms with Gasteiger partial charge in [-0.05, 0) is 27.2 Å². The Morgan fingerprint density at radius 1 is 1.29 bits per heavy atom.